The average molecular weight is 136 g/mol. The highest BCUT2D eigenvalue weighted by molar-refractivity contribution is 8.14. The van der Waals surface area contributed by atoms with Gasteiger partial charge in [0.2, 0.25) is 5.12 Å². The standard InChI is InChI=1S/C7H4OS/c8-7-5-2-1-3-6(4-5)9-7/h1-4H. The van der Waals surface area contributed by atoms with Crippen molar-refractivity contribution in [2.45, 2.75) is 4.90 Å². The van der Waals surface area contributed by atoms with Crippen molar-refractivity contribution in [2.75, 3.05) is 0 Å². The lowest BCUT2D eigenvalue weighted by atomic mass is 10.2. The van der Waals surface area contributed by atoms with E-state index in [1.54, 1.807) is 0 Å². The third-order valence-electron chi connectivity index (χ3n) is 1.28. The number of hydrogen-bond acceptors (Lipinski definition) is 2. The number of fused-ring (bicyclic) bond motifs is 2. The molecule has 1 aromatic rings. The van der Waals surface area contributed by atoms with E-state index in [2.05, 4.69) is 0 Å². The first-order valence-corrected chi connectivity index (χ1v) is 3.50. The normalized spacial score (nSPS) is 14.4. The molecule has 0 radical (unpaired) electrons. The van der Waals surface area contributed by atoms with Crippen LogP contribution in [0.25, 0.3) is 0 Å². The van der Waals surface area contributed by atoms with Crippen molar-refractivity contribution in [3.63, 3.8) is 0 Å². The molecule has 1 heterocycles. The molecular weight excluding hydrogens is 132 g/mol. The Morgan fingerprint density at radius 3 is 2.89 bits per heavy atom. The van der Waals surface area contributed by atoms with Crippen LogP contribution in [0.5, 0.6) is 0 Å². The molecule has 1 aliphatic heterocycles. The first kappa shape index (κ1) is 5.06. The fraction of sp³-hybridized carbons (Fsp3) is 0. The topological polar surface area (TPSA) is 17.1 Å². The minimum absolute atomic E-state index is 0.176. The maximum atomic E-state index is 10.9. The first-order valence-electron chi connectivity index (χ1n) is 2.68. The summed E-state index contributed by atoms with van der Waals surface area (Å²) in [6, 6.07) is 7.60. The Balaban J connectivity index is 2.69. The molecule has 1 aliphatic rings. The van der Waals surface area contributed by atoms with Gasteiger partial charge in [0.05, 0.1) is 0 Å². The van der Waals surface area contributed by atoms with Gasteiger partial charge >= 0.3 is 0 Å². The van der Waals surface area contributed by atoms with Crippen LogP contribution >= 0.6 is 11.8 Å². The molecule has 0 amide bonds. The van der Waals surface area contributed by atoms with Gasteiger partial charge < -0.3 is 0 Å². The summed E-state index contributed by atoms with van der Waals surface area (Å²) in [6.07, 6.45) is 0. The number of carbonyl (C=O) groups excluding carboxylic acids is 1. The molecule has 2 heteroatoms. The van der Waals surface area contributed by atoms with Gasteiger partial charge in [-0.15, -0.1) is 0 Å². The molecule has 2 bridgehead atoms. The van der Waals surface area contributed by atoms with E-state index >= 15 is 0 Å². The van der Waals surface area contributed by atoms with Crippen molar-refractivity contribution in [1.29, 1.82) is 0 Å². The zero-order chi connectivity index (χ0) is 6.27. The predicted octanol–water partition coefficient (Wildman–Crippen LogP) is 1.93. The number of hydrogen-bond donors (Lipinski definition) is 0. The largest absolute Gasteiger partial charge is 0.281 e. The molecule has 9 heavy (non-hydrogen) atoms. The third kappa shape index (κ3) is 0.669. The van der Waals surface area contributed by atoms with Gasteiger partial charge in [-0.1, -0.05) is 12.1 Å². The summed E-state index contributed by atoms with van der Waals surface area (Å²) in [5.41, 5.74) is 0.831. The highest BCUT2D eigenvalue weighted by Crippen LogP contribution is 2.30. The molecule has 0 saturated heterocycles. The van der Waals surface area contributed by atoms with Crippen molar-refractivity contribution in [1.82, 2.24) is 0 Å². The van der Waals surface area contributed by atoms with Crippen LogP contribution in [-0.2, 0) is 0 Å². The van der Waals surface area contributed by atoms with Crippen LogP contribution in [0.15, 0.2) is 29.2 Å². The summed E-state index contributed by atoms with van der Waals surface area (Å²) in [5, 5.41) is 0.176. The molecule has 0 unspecified atom stereocenters. The molecule has 1 nitrogen and oxygen atoms in total. The zero-order valence-corrected chi connectivity index (χ0v) is 5.44. The van der Waals surface area contributed by atoms with E-state index in [1.807, 2.05) is 24.3 Å². The minimum atomic E-state index is 0.176. The van der Waals surface area contributed by atoms with Crippen molar-refractivity contribution in [3.05, 3.63) is 29.8 Å². The van der Waals surface area contributed by atoms with Gasteiger partial charge in [0.15, 0.2) is 0 Å². The van der Waals surface area contributed by atoms with E-state index < -0.39 is 0 Å². The molecule has 0 aromatic heterocycles. The van der Waals surface area contributed by atoms with Gasteiger partial charge in [0, 0.05) is 10.5 Å². The Bertz CT molecular complexity index is 267. The summed E-state index contributed by atoms with van der Waals surface area (Å²) in [7, 11) is 0. The van der Waals surface area contributed by atoms with Crippen LogP contribution in [0.3, 0.4) is 0 Å². The van der Waals surface area contributed by atoms with Crippen LogP contribution in [-0.4, -0.2) is 5.12 Å². The first-order chi connectivity index (χ1) is 4.36. The predicted molar refractivity (Wildman–Crippen MR) is 36.6 cm³/mol. The van der Waals surface area contributed by atoms with Gasteiger partial charge in [0.25, 0.3) is 0 Å². The average Bonchev–Trinajstić information content (AvgIpc) is 2.09. The lowest BCUT2D eigenvalue weighted by Gasteiger charge is -1.79. The highest BCUT2D eigenvalue weighted by Gasteiger charge is 2.14. The van der Waals surface area contributed by atoms with Crippen molar-refractivity contribution in [2.24, 2.45) is 0 Å². The summed E-state index contributed by atoms with van der Waals surface area (Å²) in [4.78, 5) is 11.9. The number of carbonyl (C=O) groups is 1. The Morgan fingerprint density at radius 1 is 1.33 bits per heavy atom. The number of thioether (sulfide) groups is 1. The maximum absolute atomic E-state index is 10.9. The van der Waals surface area contributed by atoms with E-state index in [9.17, 15) is 4.79 Å². The van der Waals surface area contributed by atoms with Crippen molar-refractivity contribution < 1.29 is 4.79 Å². The Morgan fingerprint density at radius 2 is 2.22 bits per heavy atom. The van der Waals surface area contributed by atoms with Crippen LogP contribution in [0, 0.1) is 0 Å². The highest BCUT2D eigenvalue weighted by atomic mass is 32.2. The van der Waals surface area contributed by atoms with Gasteiger partial charge in [-0.05, 0) is 23.9 Å². The van der Waals surface area contributed by atoms with Crippen LogP contribution < -0.4 is 0 Å². The summed E-state index contributed by atoms with van der Waals surface area (Å²) in [5.74, 6) is 0. The SMILES string of the molecule is O=C1Sc2cccc1c2. The molecule has 0 aliphatic carbocycles. The Labute approximate surface area is 57.1 Å². The minimum Gasteiger partial charge on any atom is -0.281 e. The van der Waals surface area contributed by atoms with Gasteiger partial charge in [-0.2, -0.15) is 0 Å². The van der Waals surface area contributed by atoms with Crippen molar-refractivity contribution >= 4 is 16.9 Å². The van der Waals surface area contributed by atoms with Crippen molar-refractivity contribution in [3.8, 4) is 0 Å². The van der Waals surface area contributed by atoms with E-state index in [-0.39, 0.29) is 5.12 Å². The van der Waals surface area contributed by atoms with Gasteiger partial charge in [0.1, 0.15) is 0 Å². The van der Waals surface area contributed by atoms with E-state index in [4.69, 9.17) is 0 Å². The molecule has 0 fully saturated rings. The second kappa shape index (κ2) is 1.61. The molecule has 2 rings (SSSR count). The lowest BCUT2D eigenvalue weighted by Crippen LogP contribution is -1.80. The maximum Gasteiger partial charge on any atom is 0.224 e. The van der Waals surface area contributed by atoms with E-state index in [0.717, 1.165) is 10.5 Å². The van der Waals surface area contributed by atoms with Gasteiger partial charge in [-0.25, -0.2) is 0 Å². The molecule has 0 spiro atoms. The van der Waals surface area contributed by atoms with Crippen LogP contribution in [0.2, 0.25) is 0 Å². The summed E-state index contributed by atoms with van der Waals surface area (Å²) >= 11 is 1.30. The Hall–Kier alpha value is -0.760. The quantitative estimate of drug-likeness (QED) is 0.542. The molecule has 0 saturated carbocycles. The second-order valence-corrected chi connectivity index (χ2v) is 2.96. The lowest BCUT2D eigenvalue weighted by molar-refractivity contribution is 0.109. The number of benzene rings is 1. The second-order valence-electron chi connectivity index (χ2n) is 1.92. The van der Waals surface area contributed by atoms with Gasteiger partial charge in [-0.3, -0.25) is 4.79 Å². The summed E-state index contributed by atoms with van der Waals surface area (Å²) < 4.78 is 0. The fourth-order valence-electron chi connectivity index (χ4n) is 0.853. The molecule has 44 valence electrons. The van der Waals surface area contributed by atoms with Crippen LogP contribution in [0.4, 0.5) is 0 Å². The zero-order valence-electron chi connectivity index (χ0n) is 4.63. The Kier molecular flexibility index (Phi) is 0.904. The third-order valence-corrected chi connectivity index (χ3v) is 2.19. The van der Waals surface area contributed by atoms with E-state index in [1.165, 1.54) is 11.8 Å². The van der Waals surface area contributed by atoms with Crippen LogP contribution in [0.1, 0.15) is 10.4 Å². The van der Waals surface area contributed by atoms with E-state index in [0.29, 0.717) is 0 Å². The molecule has 0 atom stereocenters. The summed E-state index contributed by atoms with van der Waals surface area (Å²) in [6.45, 7) is 0. The molecular formula is C7H4OS. The molecule has 1 aromatic carbocycles. The smallest absolute Gasteiger partial charge is 0.224 e. The monoisotopic (exact) mass is 136 g/mol. The number of rotatable bonds is 0. The molecule has 0 N–H and O–H groups in total. The fourth-order valence-corrected chi connectivity index (χ4v) is 1.64.